The summed E-state index contributed by atoms with van der Waals surface area (Å²) in [5, 5.41) is 7.15. The molecule has 0 radical (unpaired) electrons. The Labute approximate surface area is 674 Å². The molecular formula is C111H76N4O. The minimum Gasteiger partial charge on any atom is -0.455 e. The minimum atomic E-state index is -0.351. The molecule has 0 fully saturated rings. The van der Waals surface area contributed by atoms with Crippen LogP contribution in [0.5, 0.6) is 0 Å². The van der Waals surface area contributed by atoms with E-state index in [1.165, 1.54) is 105 Å². The van der Waals surface area contributed by atoms with E-state index in [4.69, 9.17) is 4.42 Å². The van der Waals surface area contributed by atoms with Crippen LogP contribution in [0.1, 0.15) is 23.6 Å². The largest absolute Gasteiger partial charge is 0.455 e. The number of nitrogens with zero attached hydrogens (tertiary/aromatic N) is 4. The third-order valence-electron chi connectivity index (χ3n) is 24.2. The van der Waals surface area contributed by atoms with Gasteiger partial charge in [0.25, 0.3) is 0 Å². The Bertz CT molecular complexity index is 7290. The van der Waals surface area contributed by atoms with Gasteiger partial charge in [-0.25, -0.2) is 0 Å². The molecule has 5 nitrogen and oxygen atoms in total. The van der Waals surface area contributed by atoms with E-state index in [1.54, 1.807) is 0 Å². The smallest absolute Gasteiger partial charge is 0.143 e. The SMILES string of the molecule is CC1(Cc2ccc3c(c2)oc2c(-c4ccc(N(c5ccc(-c6ccccc6)cc5)c5ccc(-c6cccc(-n7c8ccccc8c8ccccc87)c6)cc5)cc4)cccc23)c2ccccc2-c2cc(N(c3ccc(-c4ccc5c(c4)c4ccccc4n5-c4ccccc4-c4ccccc4)cc3)c3cccc(-c4ccccc4)c3)ccc21. The van der Waals surface area contributed by atoms with Crippen LogP contribution in [0.15, 0.2) is 435 Å². The van der Waals surface area contributed by atoms with Gasteiger partial charge in [0, 0.05) is 88.7 Å². The van der Waals surface area contributed by atoms with E-state index >= 15 is 0 Å². The lowest BCUT2D eigenvalue weighted by molar-refractivity contribution is 0.582. The topological polar surface area (TPSA) is 29.5 Å². The Morgan fingerprint density at radius 1 is 0.241 bits per heavy atom. The van der Waals surface area contributed by atoms with Crippen LogP contribution in [0.25, 0.3) is 155 Å². The van der Waals surface area contributed by atoms with Crippen LogP contribution in [0.4, 0.5) is 34.1 Å². The molecule has 22 rings (SSSR count). The molecule has 21 aromatic rings. The Balaban J connectivity index is 0.574. The molecule has 0 spiro atoms. The van der Waals surface area contributed by atoms with Crippen molar-refractivity contribution in [2.75, 3.05) is 9.80 Å². The predicted molar refractivity (Wildman–Crippen MR) is 486 cm³/mol. The highest BCUT2D eigenvalue weighted by molar-refractivity contribution is 6.13. The molecule has 1 atom stereocenters. The highest BCUT2D eigenvalue weighted by atomic mass is 16.3. The van der Waals surface area contributed by atoms with Gasteiger partial charge >= 0.3 is 0 Å². The van der Waals surface area contributed by atoms with E-state index in [1.807, 2.05) is 0 Å². The van der Waals surface area contributed by atoms with Crippen molar-refractivity contribution in [3.63, 3.8) is 0 Å². The number of furan rings is 1. The van der Waals surface area contributed by atoms with Crippen LogP contribution in [0.2, 0.25) is 0 Å². The highest BCUT2D eigenvalue weighted by Crippen LogP contribution is 2.54. The van der Waals surface area contributed by atoms with Gasteiger partial charge < -0.3 is 23.4 Å². The zero-order valence-electron chi connectivity index (χ0n) is 63.9. The van der Waals surface area contributed by atoms with Gasteiger partial charge in [0.05, 0.1) is 27.8 Å². The van der Waals surface area contributed by atoms with Gasteiger partial charge in [-0.1, -0.05) is 310 Å². The Kier molecular flexibility index (Phi) is 16.4. The normalized spacial score (nSPS) is 13.1. The summed E-state index contributed by atoms with van der Waals surface area (Å²) in [6.07, 6.45) is 0.778. The van der Waals surface area contributed by atoms with Gasteiger partial charge in [0.2, 0.25) is 0 Å². The van der Waals surface area contributed by atoms with Crippen LogP contribution in [-0.2, 0) is 11.8 Å². The van der Waals surface area contributed by atoms with E-state index in [9.17, 15) is 0 Å². The van der Waals surface area contributed by atoms with Crippen molar-refractivity contribution in [1.29, 1.82) is 0 Å². The molecule has 0 saturated heterocycles. The van der Waals surface area contributed by atoms with E-state index in [-0.39, 0.29) is 5.41 Å². The van der Waals surface area contributed by atoms with Crippen molar-refractivity contribution < 1.29 is 4.42 Å². The van der Waals surface area contributed by atoms with Gasteiger partial charge in [0.1, 0.15) is 11.2 Å². The second-order valence-electron chi connectivity index (χ2n) is 30.9. The van der Waals surface area contributed by atoms with Crippen molar-refractivity contribution in [2.24, 2.45) is 0 Å². The summed E-state index contributed by atoms with van der Waals surface area (Å²) >= 11 is 0. The molecule has 3 heterocycles. The number of para-hydroxylation sites is 5. The monoisotopic (exact) mass is 1480 g/mol. The molecule has 546 valence electrons. The fourth-order valence-corrected chi connectivity index (χ4v) is 18.6. The van der Waals surface area contributed by atoms with Crippen molar-refractivity contribution in [1.82, 2.24) is 9.13 Å². The summed E-state index contributed by atoms with van der Waals surface area (Å²) in [5.74, 6) is 0. The molecule has 0 amide bonds. The van der Waals surface area contributed by atoms with Crippen LogP contribution in [-0.4, -0.2) is 9.13 Å². The maximum absolute atomic E-state index is 7.13. The third kappa shape index (κ3) is 11.6. The highest BCUT2D eigenvalue weighted by Gasteiger charge is 2.40. The van der Waals surface area contributed by atoms with Crippen molar-refractivity contribution in [2.45, 2.75) is 18.8 Å². The van der Waals surface area contributed by atoms with Crippen molar-refractivity contribution in [3.05, 3.63) is 447 Å². The molecule has 5 heteroatoms. The maximum Gasteiger partial charge on any atom is 0.143 e. The van der Waals surface area contributed by atoms with Gasteiger partial charge in [-0.15, -0.1) is 0 Å². The quantitative estimate of drug-likeness (QED) is 0.0966. The van der Waals surface area contributed by atoms with E-state index in [0.29, 0.717) is 0 Å². The lowest BCUT2D eigenvalue weighted by Crippen LogP contribution is -2.24. The van der Waals surface area contributed by atoms with Crippen LogP contribution < -0.4 is 9.80 Å². The summed E-state index contributed by atoms with van der Waals surface area (Å²) in [7, 11) is 0. The summed E-state index contributed by atoms with van der Waals surface area (Å²) in [6.45, 7) is 2.43. The number of anilines is 6. The minimum absolute atomic E-state index is 0.351. The molecular weight excluding hydrogens is 1410 g/mol. The number of rotatable bonds is 16. The first kappa shape index (κ1) is 67.8. The summed E-state index contributed by atoms with van der Waals surface area (Å²) in [4.78, 5) is 4.79. The van der Waals surface area contributed by atoms with Gasteiger partial charge in [0.15, 0.2) is 0 Å². The maximum atomic E-state index is 7.13. The lowest BCUT2D eigenvalue weighted by Gasteiger charge is -2.29. The molecule has 0 saturated carbocycles. The van der Waals surface area contributed by atoms with E-state index < -0.39 is 0 Å². The Hall–Kier alpha value is -15.0. The molecule has 1 unspecified atom stereocenters. The molecule has 1 aliphatic rings. The summed E-state index contributed by atoms with van der Waals surface area (Å²) < 4.78 is 12.0. The first-order valence-corrected chi connectivity index (χ1v) is 40.1. The predicted octanol–water partition coefficient (Wildman–Crippen LogP) is 30.3. The zero-order chi connectivity index (χ0) is 76.8. The second-order valence-corrected chi connectivity index (χ2v) is 30.9. The third-order valence-corrected chi connectivity index (χ3v) is 24.2. The number of hydrogen-bond donors (Lipinski definition) is 0. The van der Waals surface area contributed by atoms with E-state index in [2.05, 4.69) is 457 Å². The summed E-state index contributed by atoms with van der Waals surface area (Å²) in [5.41, 5.74) is 35.1. The number of aromatic nitrogens is 2. The summed E-state index contributed by atoms with van der Waals surface area (Å²) in [6, 6.07) is 158. The molecule has 1 aliphatic carbocycles. The first-order valence-electron chi connectivity index (χ1n) is 40.1. The molecule has 0 bridgehead atoms. The number of fused-ring (bicyclic) bond motifs is 12. The molecule has 18 aromatic carbocycles. The standard InChI is InChI=1S/C111H76N4O/c1-111(102-41-16-11-35-94(102)100-72-91(64-66-103(100)111)113(89-32-21-30-82(69-89)76-26-7-3-8-27-76)88-60-51-79(52-61-88)84-55-67-108-101(71-84)97-38-15-20-45-107(97)115(108)104-42-17-12-34-92(104)80-28-9-4-10-29-80)73-74-46-65-98-99-40-23-39-93(110(99)116-109(98)68-74)81-53-62-87(63-54-81)112(85-56-47-77(48-57-85)75-24-5-2-6-25-75)86-58-49-78(50-59-86)83-31-22-33-90(70-83)114-105-43-18-13-36-95(105)96-37-14-19-44-106(96)114/h2-72H,73H2,1H3. The molecule has 0 aliphatic heterocycles. The molecule has 0 N–H and O–H groups in total. The Morgan fingerprint density at radius 2 is 0.655 bits per heavy atom. The van der Waals surface area contributed by atoms with Crippen LogP contribution in [0.3, 0.4) is 0 Å². The number of hydrogen-bond acceptors (Lipinski definition) is 3. The average molecular weight is 1480 g/mol. The first-order chi connectivity index (χ1) is 57.4. The molecule has 3 aromatic heterocycles. The van der Waals surface area contributed by atoms with E-state index in [0.717, 1.165) is 107 Å². The van der Waals surface area contributed by atoms with Gasteiger partial charge in [-0.3, -0.25) is 0 Å². The Morgan fingerprint density at radius 3 is 1.30 bits per heavy atom. The van der Waals surface area contributed by atoms with Crippen LogP contribution >= 0.6 is 0 Å². The van der Waals surface area contributed by atoms with Crippen LogP contribution in [0, 0.1) is 0 Å². The van der Waals surface area contributed by atoms with Crippen molar-refractivity contribution in [3.8, 4) is 89.3 Å². The van der Waals surface area contributed by atoms with Gasteiger partial charge in [-0.2, -0.15) is 0 Å². The van der Waals surface area contributed by atoms with Gasteiger partial charge in [-0.05, 0) is 217 Å². The van der Waals surface area contributed by atoms with Crippen molar-refractivity contribution >= 4 is 99.7 Å². The second kappa shape index (κ2) is 28.0. The fourth-order valence-electron chi connectivity index (χ4n) is 18.6. The molecule has 116 heavy (non-hydrogen) atoms. The number of benzene rings is 18. The zero-order valence-corrected chi connectivity index (χ0v) is 63.9. The lowest BCUT2D eigenvalue weighted by atomic mass is 9.75. The average Bonchev–Trinajstić information content (AvgIpc) is 1.56. The fraction of sp³-hybridized carbons (Fsp3) is 0.0270.